The van der Waals surface area contributed by atoms with Crippen LogP contribution in [0.15, 0.2) is 6.07 Å². The van der Waals surface area contributed by atoms with Crippen LogP contribution in [0.2, 0.25) is 0 Å². The molecule has 2 bridgehead atoms. The minimum Gasteiger partial charge on any atom is -0.372 e. The summed E-state index contributed by atoms with van der Waals surface area (Å²) >= 11 is 1.94. The van der Waals surface area contributed by atoms with E-state index in [0.29, 0.717) is 18.2 Å². The highest BCUT2D eigenvalue weighted by atomic mass is 32.1. The van der Waals surface area contributed by atoms with Crippen molar-refractivity contribution >= 4 is 11.3 Å². The number of aryl methyl sites for hydroxylation is 1. The van der Waals surface area contributed by atoms with Crippen molar-refractivity contribution in [2.75, 3.05) is 13.1 Å². The first-order chi connectivity index (χ1) is 9.60. The zero-order valence-corrected chi connectivity index (χ0v) is 13.6. The highest BCUT2D eigenvalue weighted by Gasteiger charge is 2.33. The van der Waals surface area contributed by atoms with Crippen LogP contribution in [0, 0.1) is 6.92 Å². The number of nitrogens with zero attached hydrogens (tertiary/aromatic N) is 1. The topological polar surface area (TPSA) is 24.5 Å². The molecule has 3 rings (SSSR count). The van der Waals surface area contributed by atoms with Crippen LogP contribution in [-0.4, -0.2) is 36.2 Å². The number of nitrogens with one attached hydrogen (secondary N) is 1. The Morgan fingerprint density at radius 2 is 2.05 bits per heavy atom. The molecule has 1 aromatic rings. The first-order valence-corrected chi connectivity index (χ1v) is 8.61. The highest BCUT2D eigenvalue weighted by molar-refractivity contribution is 7.12. The summed E-state index contributed by atoms with van der Waals surface area (Å²) in [5.41, 5.74) is 1.51. The predicted molar refractivity (Wildman–Crippen MR) is 84.2 cm³/mol. The first kappa shape index (κ1) is 14.5. The number of hydrogen-bond donors (Lipinski definition) is 1. The van der Waals surface area contributed by atoms with E-state index >= 15 is 0 Å². The van der Waals surface area contributed by atoms with Crippen molar-refractivity contribution < 1.29 is 4.74 Å². The van der Waals surface area contributed by atoms with Crippen LogP contribution in [0.25, 0.3) is 0 Å². The van der Waals surface area contributed by atoms with E-state index in [9.17, 15) is 0 Å². The molecule has 2 saturated heterocycles. The van der Waals surface area contributed by atoms with Crippen molar-refractivity contribution in [1.29, 1.82) is 0 Å². The van der Waals surface area contributed by atoms with Gasteiger partial charge in [0, 0.05) is 42.0 Å². The van der Waals surface area contributed by atoms with Crippen LogP contribution in [0.5, 0.6) is 0 Å². The van der Waals surface area contributed by atoms with Crippen molar-refractivity contribution in [3.05, 3.63) is 21.4 Å². The van der Waals surface area contributed by atoms with Crippen LogP contribution < -0.4 is 5.32 Å². The quantitative estimate of drug-likeness (QED) is 0.903. The van der Waals surface area contributed by atoms with E-state index < -0.39 is 0 Å². The maximum atomic E-state index is 5.92. The molecule has 2 fully saturated rings. The summed E-state index contributed by atoms with van der Waals surface area (Å²) in [4.78, 5) is 5.52. The summed E-state index contributed by atoms with van der Waals surface area (Å²) in [7, 11) is 0. The van der Waals surface area contributed by atoms with E-state index in [2.05, 4.69) is 37.1 Å². The van der Waals surface area contributed by atoms with Gasteiger partial charge in [-0.25, -0.2) is 0 Å². The number of hydrogen-bond acceptors (Lipinski definition) is 4. The van der Waals surface area contributed by atoms with Crippen LogP contribution in [0.1, 0.15) is 42.0 Å². The number of fused-ring (bicyclic) bond motifs is 2. The van der Waals surface area contributed by atoms with E-state index in [4.69, 9.17) is 4.74 Å². The predicted octanol–water partition coefficient (Wildman–Crippen LogP) is 2.92. The number of ether oxygens (including phenoxy) is 1. The zero-order valence-electron chi connectivity index (χ0n) is 12.8. The number of rotatable bonds is 5. The Labute approximate surface area is 126 Å². The first-order valence-electron chi connectivity index (χ1n) is 7.79. The van der Waals surface area contributed by atoms with Gasteiger partial charge in [-0.2, -0.15) is 0 Å². The molecule has 3 heterocycles. The number of morpholine rings is 1. The summed E-state index contributed by atoms with van der Waals surface area (Å²) in [6.45, 7) is 11.0. The third kappa shape index (κ3) is 3.42. The van der Waals surface area contributed by atoms with Crippen molar-refractivity contribution in [3.63, 3.8) is 0 Å². The highest BCUT2D eigenvalue weighted by Crippen LogP contribution is 2.29. The summed E-state index contributed by atoms with van der Waals surface area (Å²) < 4.78 is 5.92. The smallest absolute Gasteiger partial charge is 0.0707 e. The summed E-state index contributed by atoms with van der Waals surface area (Å²) in [6, 6.07) is 2.95. The molecular formula is C16H26N2OS. The summed E-state index contributed by atoms with van der Waals surface area (Å²) in [6.07, 6.45) is 3.50. The van der Waals surface area contributed by atoms with Gasteiger partial charge in [0.2, 0.25) is 0 Å². The van der Waals surface area contributed by atoms with E-state index in [1.807, 2.05) is 11.3 Å². The molecule has 0 radical (unpaired) electrons. The van der Waals surface area contributed by atoms with Gasteiger partial charge in [0.25, 0.3) is 0 Å². The average molecular weight is 294 g/mol. The summed E-state index contributed by atoms with van der Waals surface area (Å²) in [5.74, 6) is 0. The molecule has 4 heteroatoms. The lowest BCUT2D eigenvalue weighted by atomic mass is 10.2. The monoisotopic (exact) mass is 294 g/mol. The van der Waals surface area contributed by atoms with Crippen LogP contribution in [0.3, 0.4) is 0 Å². The molecule has 0 aromatic carbocycles. The van der Waals surface area contributed by atoms with Gasteiger partial charge in [-0.1, -0.05) is 13.8 Å². The lowest BCUT2D eigenvalue weighted by molar-refractivity contribution is -0.0410. The molecule has 2 atom stereocenters. The molecule has 2 unspecified atom stereocenters. The van der Waals surface area contributed by atoms with Gasteiger partial charge < -0.3 is 10.1 Å². The van der Waals surface area contributed by atoms with Crippen molar-refractivity contribution in [1.82, 2.24) is 10.2 Å². The fourth-order valence-electron chi connectivity index (χ4n) is 3.21. The Morgan fingerprint density at radius 3 is 2.70 bits per heavy atom. The molecule has 0 spiro atoms. The average Bonchev–Trinajstić information content (AvgIpc) is 2.91. The third-order valence-corrected chi connectivity index (χ3v) is 5.36. The maximum absolute atomic E-state index is 5.92. The fourth-order valence-corrected chi connectivity index (χ4v) is 4.21. The van der Waals surface area contributed by atoms with Crippen LogP contribution in [0.4, 0.5) is 0 Å². The molecule has 0 aliphatic carbocycles. The van der Waals surface area contributed by atoms with Crippen LogP contribution in [-0.2, 0) is 17.8 Å². The standard InChI is InChI=1S/C16H26N2OS/c1-11(2)17-7-16-6-13(12(3)20-16)8-18-9-14-4-5-15(10-18)19-14/h6,11,14-15,17H,4-5,7-10H2,1-3H3. The molecule has 1 N–H and O–H groups in total. The summed E-state index contributed by atoms with van der Waals surface area (Å²) in [5, 5.41) is 3.51. The van der Waals surface area contributed by atoms with Gasteiger partial charge in [-0.05, 0) is 31.4 Å². The van der Waals surface area contributed by atoms with E-state index in [-0.39, 0.29) is 0 Å². The maximum Gasteiger partial charge on any atom is 0.0707 e. The molecule has 2 aliphatic heterocycles. The van der Waals surface area contributed by atoms with Crippen molar-refractivity contribution in [3.8, 4) is 0 Å². The number of likely N-dealkylation sites (tertiary alicyclic amines) is 1. The van der Waals surface area contributed by atoms with Crippen LogP contribution >= 0.6 is 11.3 Å². The Kier molecular flexibility index (Phi) is 4.46. The molecule has 112 valence electrons. The molecule has 3 nitrogen and oxygen atoms in total. The minimum atomic E-state index is 0.495. The Balaban J connectivity index is 1.59. The lowest BCUT2D eigenvalue weighted by Gasteiger charge is -2.32. The molecule has 0 saturated carbocycles. The molecule has 1 aromatic heterocycles. The van der Waals surface area contributed by atoms with Gasteiger partial charge in [0.1, 0.15) is 0 Å². The van der Waals surface area contributed by atoms with Gasteiger partial charge in [0.15, 0.2) is 0 Å². The largest absolute Gasteiger partial charge is 0.372 e. The second-order valence-electron chi connectivity index (χ2n) is 6.48. The second-order valence-corrected chi connectivity index (χ2v) is 7.82. The van der Waals surface area contributed by atoms with Gasteiger partial charge in [0.05, 0.1) is 12.2 Å². The van der Waals surface area contributed by atoms with Crippen molar-refractivity contribution in [2.45, 2.75) is 65.0 Å². The molecule has 20 heavy (non-hydrogen) atoms. The van der Waals surface area contributed by atoms with Gasteiger partial charge >= 0.3 is 0 Å². The third-order valence-electron chi connectivity index (χ3n) is 4.27. The number of thiophene rings is 1. The van der Waals surface area contributed by atoms with Crippen molar-refractivity contribution in [2.24, 2.45) is 0 Å². The molecule has 2 aliphatic rings. The van der Waals surface area contributed by atoms with E-state index in [0.717, 1.165) is 26.2 Å². The lowest BCUT2D eigenvalue weighted by Crippen LogP contribution is -2.41. The SMILES string of the molecule is Cc1sc(CNC(C)C)cc1CN1CC2CCC(C1)O2. The Bertz CT molecular complexity index is 445. The van der Waals surface area contributed by atoms with Gasteiger partial charge in [-0.3, -0.25) is 4.90 Å². The second kappa shape index (κ2) is 6.14. The van der Waals surface area contributed by atoms with Gasteiger partial charge in [-0.15, -0.1) is 11.3 Å². The molecular weight excluding hydrogens is 268 g/mol. The minimum absolute atomic E-state index is 0.495. The van der Waals surface area contributed by atoms with E-state index in [1.165, 1.54) is 28.2 Å². The van der Waals surface area contributed by atoms with E-state index in [1.54, 1.807) is 0 Å². The fraction of sp³-hybridized carbons (Fsp3) is 0.750. The Morgan fingerprint density at radius 1 is 1.35 bits per heavy atom. The normalized spacial score (nSPS) is 26.6. The zero-order chi connectivity index (χ0) is 14.1. The Hall–Kier alpha value is -0.420. The molecule has 0 amide bonds.